The summed E-state index contributed by atoms with van der Waals surface area (Å²) in [5.41, 5.74) is 1.35. The molecule has 3 aromatic rings. The maximum Gasteiger partial charge on any atom is 0.241 e. The van der Waals surface area contributed by atoms with Crippen LogP contribution in [0.15, 0.2) is 52.0 Å². The van der Waals surface area contributed by atoms with Crippen LogP contribution in [0.25, 0.3) is 11.5 Å². The van der Waals surface area contributed by atoms with Gasteiger partial charge in [0.2, 0.25) is 10.0 Å². The minimum Gasteiger partial charge on any atom is -0.486 e. The largest absolute Gasteiger partial charge is 0.486 e. The predicted octanol–water partition coefficient (Wildman–Crippen LogP) is 1.93. The van der Waals surface area contributed by atoms with Gasteiger partial charge in [-0.1, -0.05) is 0 Å². The number of hydrogen-bond donors (Lipinski definition) is 1. The number of nitrogens with zero attached hydrogens (tertiary/aromatic N) is 2. The van der Waals surface area contributed by atoms with Crippen molar-refractivity contribution >= 4 is 10.0 Å². The highest BCUT2D eigenvalue weighted by molar-refractivity contribution is 7.89. The first-order valence-corrected chi connectivity index (χ1v) is 9.47. The Morgan fingerprint density at radius 1 is 1.15 bits per heavy atom. The Hall–Kier alpha value is -2.78. The quantitative estimate of drug-likeness (QED) is 0.732. The Morgan fingerprint density at radius 3 is 2.73 bits per heavy atom. The minimum atomic E-state index is -3.71. The van der Waals surface area contributed by atoms with Gasteiger partial charge in [-0.25, -0.2) is 13.1 Å². The summed E-state index contributed by atoms with van der Waals surface area (Å²) >= 11 is 0. The van der Waals surface area contributed by atoms with Crippen LogP contribution in [0.1, 0.15) is 5.69 Å². The molecule has 0 saturated carbocycles. The van der Waals surface area contributed by atoms with Crippen molar-refractivity contribution in [3.05, 3.63) is 48.4 Å². The van der Waals surface area contributed by atoms with E-state index in [-0.39, 0.29) is 11.4 Å². The third-order valence-electron chi connectivity index (χ3n) is 3.97. The molecular weight excluding hydrogens is 358 g/mol. The fourth-order valence-electron chi connectivity index (χ4n) is 2.71. The zero-order valence-electron chi connectivity index (χ0n) is 14.0. The topological polar surface area (TPSA) is 95.6 Å². The average Bonchev–Trinajstić information content (AvgIpc) is 3.29. The lowest BCUT2D eigenvalue weighted by molar-refractivity contribution is 0.171. The fraction of sp³-hybridized carbons (Fsp3) is 0.235. The highest BCUT2D eigenvalue weighted by Gasteiger charge is 2.20. The van der Waals surface area contributed by atoms with Gasteiger partial charge < -0.3 is 13.9 Å². The molecule has 8 nitrogen and oxygen atoms in total. The van der Waals surface area contributed by atoms with E-state index in [2.05, 4.69) is 9.82 Å². The van der Waals surface area contributed by atoms with Crippen LogP contribution < -0.4 is 14.2 Å². The van der Waals surface area contributed by atoms with Crippen molar-refractivity contribution in [2.24, 2.45) is 7.05 Å². The number of sulfonamides is 1. The van der Waals surface area contributed by atoms with Gasteiger partial charge in [-0.2, -0.15) is 5.10 Å². The Labute approximate surface area is 150 Å². The number of rotatable bonds is 5. The van der Waals surface area contributed by atoms with Gasteiger partial charge in [0.05, 0.1) is 23.4 Å². The molecule has 3 heterocycles. The molecule has 0 radical (unpaired) electrons. The highest BCUT2D eigenvalue weighted by atomic mass is 32.2. The smallest absolute Gasteiger partial charge is 0.241 e. The molecule has 136 valence electrons. The van der Waals surface area contributed by atoms with Gasteiger partial charge in [0.15, 0.2) is 17.3 Å². The maximum absolute atomic E-state index is 12.6. The van der Waals surface area contributed by atoms with Crippen LogP contribution in [0.2, 0.25) is 0 Å². The number of nitrogens with one attached hydrogen (secondary N) is 1. The van der Waals surface area contributed by atoms with Crippen molar-refractivity contribution in [2.45, 2.75) is 11.4 Å². The van der Waals surface area contributed by atoms with Crippen molar-refractivity contribution in [1.29, 1.82) is 0 Å². The van der Waals surface area contributed by atoms with Crippen molar-refractivity contribution in [1.82, 2.24) is 14.5 Å². The number of hydrogen-bond acceptors (Lipinski definition) is 6. The Morgan fingerprint density at radius 2 is 1.96 bits per heavy atom. The normalized spacial score (nSPS) is 13.7. The molecule has 0 bridgehead atoms. The third kappa shape index (κ3) is 3.18. The summed E-state index contributed by atoms with van der Waals surface area (Å²) in [6.45, 7) is 0.910. The summed E-state index contributed by atoms with van der Waals surface area (Å²) in [7, 11) is -1.93. The van der Waals surface area contributed by atoms with Crippen molar-refractivity contribution < 1.29 is 22.3 Å². The third-order valence-corrected chi connectivity index (χ3v) is 5.37. The molecule has 2 aromatic heterocycles. The van der Waals surface area contributed by atoms with Crippen molar-refractivity contribution in [2.75, 3.05) is 13.2 Å². The van der Waals surface area contributed by atoms with Crippen LogP contribution in [0.4, 0.5) is 0 Å². The summed E-state index contributed by atoms with van der Waals surface area (Å²) < 4.78 is 45.5. The lowest BCUT2D eigenvalue weighted by Gasteiger charge is -2.18. The van der Waals surface area contributed by atoms with Crippen molar-refractivity contribution in [3.63, 3.8) is 0 Å². The molecule has 0 amide bonds. The van der Waals surface area contributed by atoms with Crippen LogP contribution in [0.3, 0.4) is 0 Å². The molecule has 4 rings (SSSR count). The summed E-state index contributed by atoms with van der Waals surface area (Å²) in [6, 6.07) is 9.93. The number of fused-ring (bicyclic) bond motifs is 1. The van der Waals surface area contributed by atoms with E-state index in [0.29, 0.717) is 36.2 Å². The summed E-state index contributed by atoms with van der Waals surface area (Å²) in [6.07, 6.45) is 1.58. The van der Waals surface area contributed by atoms with E-state index in [4.69, 9.17) is 13.9 Å². The Bertz CT molecular complexity index is 1020. The van der Waals surface area contributed by atoms with E-state index in [1.54, 1.807) is 36.2 Å². The van der Waals surface area contributed by atoms with Crippen LogP contribution in [0.5, 0.6) is 11.5 Å². The fourth-order valence-corrected chi connectivity index (χ4v) is 3.73. The molecule has 1 aliphatic rings. The maximum atomic E-state index is 12.6. The monoisotopic (exact) mass is 375 g/mol. The Balaban J connectivity index is 1.51. The van der Waals surface area contributed by atoms with Crippen LogP contribution in [-0.2, 0) is 23.6 Å². The second-order valence-corrected chi connectivity index (χ2v) is 7.52. The van der Waals surface area contributed by atoms with Gasteiger partial charge in [0.1, 0.15) is 18.9 Å². The molecule has 0 atom stereocenters. The van der Waals surface area contributed by atoms with Crippen LogP contribution in [0, 0.1) is 0 Å². The number of aryl methyl sites for hydroxylation is 1. The van der Waals surface area contributed by atoms with Gasteiger partial charge in [-0.05, 0) is 30.3 Å². The molecule has 0 saturated heterocycles. The number of furan rings is 1. The van der Waals surface area contributed by atoms with Gasteiger partial charge >= 0.3 is 0 Å². The van der Waals surface area contributed by atoms with E-state index >= 15 is 0 Å². The summed E-state index contributed by atoms with van der Waals surface area (Å²) in [5.74, 6) is 1.64. The molecule has 0 unspecified atom stereocenters. The standard InChI is InChI=1S/C17H17N3O5S/c1-20-14(15-3-2-6-23-15)9-12(19-20)11-18-26(21,22)13-4-5-16-17(10-13)25-8-7-24-16/h2-6,9-10,18H,7-8,11H2,1H3. The van der Waals surface area contributed by atoms with Gasteiger partial charge in [0.25, 0.3) is 0 Å². The van der Waals surface area contributed by atoms with E-state index in [1.807, 2.05) is 6.07 Å². The molecule has 0 fully saturated rings. The number of benzene rings is 1. The molecule has 1 N–H and O–H groups in total. The Kier molecular flexibility index (Phi) is 4.17. The first-order valence-electron chi connectivity index (χ1n) is 7.99. The SMILES string of the molecule is Cn1nc(CNS(=O)(=O)c2ccc3c(c2)OCCO3)cc1-c1ccco1. The number of aromatic nitrogens is 2. The summed E-state index contributed by atoms with van der Waals surface area (Å²) in [4.78, 5) is 0.115. The first kappa shape index (κ1) is 16.7. The van der Waals surface area contributed by atoms with Gasteiger partial charge in [-0.3, -0.25) is 4.68 Å². The molecule has 26 heavy (non-hydrogen) atoms. The molecule has 0 spiro atoms. The lowest BCUT2D eigenvalue weighted by Crippen LogP contribution is -2.24. The van der Waals surface area contributed by atoms with Crippen LogP contribution >= 0.6 is 0 Å². The molecule has 1 aliphatic heterocycles. The first-order chi connectivity index (χ1) is 12.5. The van der Waals surface area contributed by atoms with Crippen LogP contribution in [-0.4, -0.2) is 31.4 Å². The molecule has 0 aliphatic carbocycles. The zero-order chi connectivity index (χ0) is 18.1. The zero-order valence-corrected chi connectivity index (χ0v) is 14.8. The second-order valence-electron chi connectivity index (χ2n) is 5.75. The highest BCUT2D eigenvalue weighted by Crippen LogP contribution is 2.32. The van der Waals surface area contributed by atoms with E-state index in [1.165, 1.54) is 12.1 Å². The molecular formula is C17H17N3O5S. The van der Waals surface area contributed by atoms with Gasteiger partial charge in [-0.15, -0.1) is 0 Å². The number of ether oxygens (including phenoxy) is 2. The predicted molar refractivity (Wildman–Crippen MR) is 92.4 cm³/mol. The molecule has 1 aromatic carbocycles. The van der Waals surface area contributed by atoms with E-state index in [9.17, 15) is 8.42 Å². The minimum absolute atomic E-state index is 0.0608. The van der Waals surface area contributed by atoms with Crippen molar-refractivity contribution in [3.8, 4) is 23.0 Å². The molecule has 9 heteroatoms. The lowest BCUT2D eigenvalue weighted by atomic mass is 10.3. The average molecular weight is 375 g/mol. The van der Waals surface area contributed by atoms with Gasteiger partial charge in [0, 0.05) is 13.1 Å². The van der Waals surface area contributed by atoms with E-state index in [0.717, 1.165) is 5.69 Å². The van der Waals surface area contributed by atoms with E-state index < -0.39 is 10.0 Å². The summed E-state index contributed by atoms with van der Waals surface area (Å²) in [5, 5.41) is 4.32. The second kappa shape index (κ2) is 6.50.